The minimum atomic E-state index is -1.04. The maximum absolute atomic E-state index is 13.1. The molecule has 0 aliphatic carbocycles. The van der Waals surface area contributed by atoms with Crippen LogP contribution in [0.25, 0.3) is 33.2 Å². The van der Waals surface area contributed by atoms with E-state index in [4.69, 9.17) is 9.97 Å². The van der Waals surface area contributed by atoms with Gasteiger partial charge in [-0.05, 0) is 105 Å². The summed E-state index contributed by atoms with van der Waals surface area (Å²) < 4.78 is 0. The van der Waals surface area contributed by atoms with Crippen LogP contribution in [-0.2, 0) is 19.8 Å². The number of amides is 1. The summed E-state index contributed by atoms with van der Waals surface area (Å²) in [5.41, 5.74) is 10.2. The van der Waals surface area contributed by atoms with Crippen LogP contribution in [-0.4, -0.2) is 54.0 Å². The van der Waals surface area contributed by atoms with Gasteiger partial charge in [0.2, 0.25) is 5.91 Å². The second-order valence-corrected chi connectivity index (χ2v) is 13.9. The Kier molecular flexibility index (Phi) is 9.43. The van der Waals surface area contributed by atoms with E-state index in [1.807, 2.05) is 32.9 Å². The van der Waals surface area contributed by atoms with Gasteiger partial charge < -0.3 is 25.5 Å². The van der Waals surface area contributed by atoms with Gasteiger partial charge in [-0.1, -0.05) is 27.7 Å². The van der Waals surface area contributed by atoms with Gasteiger partial charge in [0, 0.05) is 57.6 Å². The Morgan fingerprint density at radius 3 is 2.13 bits per heavy atom. The second-order valence-electron chi connectivity index (χ2n) is 13.9. The van der Waals surface area contributed by atoms with Gasteiger partial charge in [0.15, 0.2) is 0 Å². The number of aromatic nitrogens is 4. The molecule has 248 valence electrons. The molecule has 47 heavy (non-hydrogen) atoms. The fourth-order valence-electron chi connectivity index (χ4n) is 6.68. The zero-order valence-corrected chi connectivity index (χ0v) is 28.2. The number of aromatic amines is 2. The lowest BCUT2D eigenvalue weighted by Gasteiger charge is -2.27. The molecule has 0 saturated heterocycles. The Bertz CT molecular complexity index is 1930. The standard InChI is InChI=1S/C37H45N5O5/c1-19(2)12-32(36(46)47)42-34(43)10-9-26-31-17-30-25(8-11-35(44)45)22(5)29(40-30)16-24-13-20(3)27(38-24)15-23-14-21(4)28(39-23)18-33(41-31)37(26,6)7/h13-19,26,32,38-39H,8-12H2,1-7H3,(H,42,43)(H,44,45)(H,46,47)/t26-,32?/m0/s1. The van der Waals surface area contributed by atoms with Crippen LogP contribution < -0.4 is 5.32 Å². The van der Waals surface area contributed by atoms with Gasteiger partial charge in [-0.3, -0.25) is 14.6 Å². The van der Waals surface area contributed by atoms with Crippen molar-refractivity contribution in [1.29, 1.82) is 0 Å². The van der Waals surface area contributed by atoms with Gasteiger partial charge in [-0.15, -0.1) is 0 Å². The third-order valence-corrected chi connectivity index (χ3v) is 9.42. The van der Waals surface area contributed by atoms with Crippen molar-refractivity contribution in [3.8, 4) is 0 Å². The molecule has 0 fully saturated rings. The van der Waals surface area contributed by atoms with Gasteiger partial charge in [-0.25, -0.2) is 9.78 Å². The minimum Gasteiger partial charge on any atom is -0.481 e. The number of nitrogens with one attached hydrogen (secondary N) is 3. The number of hydrogen-bond acceptors (Lipinski definition) is 5. The molecule has 3 aromatic rings. The monoisotopic (exact) mass is 639 g/mol. The van der Waals surface area contributed by atoms with E-state index in [0.717, 1.165) is 61.4 Å². The smallest absolute Gasteiger partial charge is 0.326 e. The number of hydrogen-bond donors (Lipinski definition) is 5. The van der Waals surface area contributed by atoms with E-state index >= 15 is 0 Å². The van der Waals surface area contributed by atoms with Crippen molar-refractivity contribution in [2.45, 2.75) is 97.9 Å². The number of fused-ring (bicyclic) bond motifs is 8. The number of nitrogens with zero attached hydrogens (tertiary/aromatic N) is 2. The van der Waals surface area contributed by atoms with Crippen LogP contribution in [0.5, 0.6) is 0 Å². The van der Waals surface area contributed by atoms with Crippen LogP contribution in [0.1, 0.15) is 107 Å². The summed E-state index contributed by atoms with van der Waals surface area (Å²) in [5, 5.41) is 21.9. The Morgan fingerprint density at radius 1 is 0.872 bits per heavy atom. The summed E-state index contributed by atoms with van der Waals surface area (Å²) in [6.45, 7) is 14.2. The second kappa shape index (κ2) is 13.2. The molecule has 0 aromatic carbocycles. The van der Waals surface area contributed by atoms with Crippen LogP contribution in [0.2, 0.25) is 0 Å². The average Bonchev–Trinajstić information content (AvgIpc) is 3.64. The van der Waals surface area contributed by atoms with Gasteiger partial charge in [0.1, 0.15) is 6.04 Å². The van der Waals surface area contributed by atoms with Crippen molar-refractivity contribution in [2.24, 2.45) is 5.92 Å². The lowest BCUT2D eigenvalue weighted by molar-refractivity contribution is -0.142. The molecule has 0 saturated carbocycles. The number of carbonyl (C=O) groups is 3. The van der Waals surface area contributed by atoms with Crippen LogP contribution in [0.4, 0.5) is 0 Å². The molecular formula is C37H45N5O5. The van der Waals surface area contributed by atoms with E-state index < -0.39 is 23.4 Å². The number of carboxylic acids is 2. The third kappa shape index (κ3) is 7.32. The van der Waals surface area contributed by atoms with Gasteiger partial charge in [-0.2, -0.15) is 0 Å². The van der Waals surface area contributed by atoms with Crippen LogP contribution in [0, 0.1) is 19.8 Å². The fourth-order valence-corrected chi connectivity index (χ4v) is 6.68. The molecule has 5 rings (SSSR count). The summed E-state index contributed by atoms with van der Waals surface area (Å²) in [6, 6.07) is 11.3. The van der Waals surface area contributed by atoms with E-state index in [-0.39, 0.29) is 30.6 Å². The predicted octanol–water partition coefficient (Wildman–Crippen LogP) is 7.18. The molecular weight excluding hydrogens is 594 g/mol. The number of aliphatic carboxylic acids is 2. The summed E-state index contributed by atoms with van der Waals surface area (Å²) >= 11 is 0. The Morgan fingerprint density at radius 2 is 1.51 bits per heavy atom. The highest BCUT2D eigenvalue weighted by Gasteiger charge is 2.40. The molecule has 5 heterocycles. The fraction of sp³-hybridized carbons (Fsp3) is 0.432. The highest BCUT2D eigenvalue weighted by atomic mass is 16.4. The van der Waals surface area contributed by atoms with Crippen molar-refractivity contribution in [3.05, 3.63) is 70.3 Å². The molecule has 5 N–H and O–H groups in total. The van der Waals surface area contributed by atoms with Crippen molar-refractivity contribution < 1.29 is 24.6 Å². The quantitative estimate of drug-likeness (QED) is 0.157. The molecule has 2 aliphatic heterocycles. The van der Waals surface area contributed by atoms with Crippen LogP contribution in [0.15, 0.2) is 36.4 Å². The van der Waals surface area contributed by atoms with Crippen molar-refractivity contribution in [1.82, 2.24) is 25.3 Å². The Hall–Kier alpha value is -4.73. The number of carbonyl (C=O) groups excluding carboxylic acids is 1. The van der Waals surface area contributed by atoms with E-state index in [9.17, 15) is 24.6 Å². The molecule has 8 bridgehead atoms. The maximum Gasteiger partial charge on any atom is 0.326 e. The lowest BCUT2D eigenvalue weighted by Crippen LogP contribution is -2.41. The summed E-state index contributed by atoms with van der Waals surface area (Å²) in [6.07, 6.45) is 1.20. The molecule has 2 atom stereocenters. The molecule has 10 nitrogen and oxygen atoms in total. The predicted molar refractivity (Wildman–Crippen MR) is 184 cm³/mol. The topological polar surface area (TPSA) is 161 Å². The number of allylic oxidation sites excluding steroid dienone is 2. The summed E-state index contributed by atoms with van der Waals surface area (Å²) in [4.78, 5) is 53.7. The molecule has 1 amide bonds. The molecule has 10 heteroatoms. The number of H-pyrrole nitrogens is 2. The highest BCUT2D eigenvalue weighted by Crippen LogP contribution is 2.45. The maximum atomic E-state index is 13.1. The zero-order valence-electron chi connectivity index (χ0n) is 28.2. The third-order valence-electron chi connectivity index (χ3n) is 9.42. The van der Waals surface area contributed by atoms with E-state index in [1.165, 1.54) is 0 Å². The van der Waals surface area contributed by atoms with Gasteiger partial charge in [0.25, 0.3) is 0 Å². The minimum absolute atomic E-state index is 0.0322. The van der Waals surface area contributed by atoms with Crippen LogP contribution in [0.3, 0.4) is 0 Å². The molecule has 3 aromatic heterocycles. The van der Waals surface area contributed by atoms with Crippen LogP contribution >= 0.6 is 0 Å². The first kappa shape index (κ1) is 33.6. The zero-order chi connectivity index (χ0) is 34.2. The van der Waals surface area contributed by atoms with Crippen molar-refractivity contribution >= 4 is 51.1 Å². The van der Waals surface area contributed by atoms with Crippen molar-refractivity contribution in [3.63, 3.8) is 0 Å². The summed E-state index contributed by atoms with van der Waals surface area (Å²) in [7, 11) is 0. The number of rotatable bonds is 10. The van der Waals surface area contributed by atoms with E-state index in [1.54, 1.807) is 0 Å². The molecule has 2 aliphatic rings. The Balaban J connectivity index is 1.67. The number of carboxylic acid groups (broad SMARTS) is 2. The first-order valence-electron chi connectivity index (χ1n) is 16.3. The number of aryl methyl sites for hydroxylation is 2. The largest absolute Gasteiger partial charge is 0.481 e. The first-order chi connectivity index (χ1) is 22.1. The lowest BCUT2D eigenvalue weighted by atomic mass is 9.74. The molecule has 0 spiro atoms. The van der Waals surface area contributed by atoms with Crippen molar-refractivity contribution in [2.75, 3.05) is 0 Å². The SMILES string of the molecule is CC1=C(CCC(=O)O)c2cc3nc(cc4[nH]c(cc4C)cc4[nH]c(cc1n2)cc4C)C(C)(C)[C@H]3CCC(=O)NC(CC(C)C)C(=O)O. The summed E-state index contributed by atoms with van der Waals surface area (Å²) in [5.74, 6) is -2.31. The highest BCUT2D eigenvalue weighted by molar-refractivity contribution is 5.93. The molecule has 1 unspecified atom stereocenters. The first-order valence-corrected chi connectivity index (χ1v) is 16.3. The average molecular weight is 640 g/mol. The van der Waals surface area contributed by atoms with E-state index in [2.05, 4.69) is 67.2 Å². The van der Waals surface area contributed by atoms with Gasteiger partial charge >= 0.3 is 11.9 Å². The van der Waals surface area contributed by atoms with E-state index in [0.29, 0.717) is 25.0 Å². The molecule has 0 radical (unpaired) electrons. The Labute approximate surface area is 274 Å². The normalized spacial score (nSPS) is 16.4. The van der Waals surface area contributed by atoms with Gasteiger partial charge in [0.05, 0.1) is 11.4 Å².